The number of unbranched alkanes of at least 4 members (excludes halogenated alkanes) is 4. The van der Waals surface area contributed by atoms with Crippen LogP contribution in [0.3, 0.4) is 0 Å². The van der Waals surface area contributed by atoms with Gasteiger partial charge in [-0.15, -0.1) is 0 Å². The molecular weight excluding hydrogens is 483 g/mol. The third-order valence-corrected chi connectivity index (χ3v) is 6.30. The molecule has 0 radical (unpaired) electrons. The summed E-state index contributed by atoms with van der Waals surface area (Å²) < 4.78 is 36.7. The summed E-state index contributed by atoms with van der Waals surface area (Å²) in [5.41, 5.74) is 1.32. The van der Waals surface area contributed by atoms with Gasteiger partial charge >= 0.3 is 5.30 Å². The van der Waals surface area contributed by atoms with Crippen LogP contribution in [0.5, 0.6) is 23.0 Å². The molecule has 0 aliphatic carbocycles. The van der Waals surface area contributed by atoms with E-state index in [1.807, 2.05) is 13.0 Å². The molecule has 0 atom stereocenters. The van der Waals surface area contributed by atoms with Gasteiger partial charge in [0.1, 0.15) is 5.75 Å². The highest BCUT2D eigenvalue weighted by molar-refractivity contribution is 8.13. The summed E-state index contributed by atoms with van der Waals surface area (Å²) in [5.74, 6) is 2.09. The minimum atomic E-state index is -0.462. The summed E-state index contributed by atoms with van der Waals surface area (Å²) in [6.07, 6.45) is 6.70. The summed E-state index contributed by atoms with van der Waals surface area (Å²) in [6.45, 7) is 2.79. The molecule has 3 rings (SSSR count). The zero-order valence-corrected chi connectivity index (χ0v) is 21.8. The average molecular weight is 517 g/mol. The first-order valence-corrected chi connectivity index (χ1v) is 13.1. The number of anilines is 1. The predicted molar refractivity (Wildman–Crippen MR) is 142 cm³/mol. The molecule has 3 aromatic rings. The van der Waals surface area contributed by atoms with Crippen molar-refractivity contribution in [2.45, 2.75) is 39.0 Å². The number of rotatable bonds is 14. The Labute approximate surface area is 215 Å². The number of carbonyl (C=O) groups excluding carboxylic acids is 1. The Hall–Kier alpha value is -3.20. The first kappa shape index (κ1) is 27.4. The predicted octanol–water partition coefficient (Wildman–Crippen LogP) is 7.44. The van der Waals surface area contributed by atoms with Gasteiger partial charge in [-0.1, -0.05) is 19.3 Å². The summed E-state index contributed by atoms with van der Waals surface area (Å²) in [5, 5.41) is 3.40. The number of carbonyl (C=O) groups is 1. The molecule has 0 saturated heterocycles. The van der Waals surface area contributed by atoms with E-state index in [0.717, 1.165) is 37.9 Å². The Balaban J connectivity index is 1.54. The van der Waals surface area contributed by atoms with E-state index in [4.69, 9.17) is 18.9 Å². The number of pyridine rings is 1. The molecule has 2 aromatic carbocycles. The minimum Gasteiger partial charge on any atom is -0.493 e. The van der Waals surface area contributed by atoms with E-state index in [2.05, 4.69) is 10.3 Å². The van der Waals surface area contributed by atoms with Crippen LogP contribution < -0.4 is 19.5 Å². The van der Waals surface area contributed by atoms with Gasteiger partial charge in [0.2, 0.25) is 0 Å². The molecule has 0 saturated carbocycles. The molecule has 0 aliphatic rings. The van der Waals surface area contributed by atoms with Crippen LogP contribution in [0, 0.1) is 5.82 Å². The van der Waals surface area contributed by atoms with Crippen molar-refractivity contribution < 1.29 is 28.1 Å². The van der Waals surface area contributed by atoms with Gasteiger partial charge in [0.05, 0.1) is 25.8 Å². The second-order valence-corrected chi connectivity index (χ2v) is 9.00. The van der Waals surface area contributed by atoms with E-state index < -0.39 is 5.82 Å². The Morgan fingerprint density at radius 2 is 1.81 bits per heavy atom. The van der Waals surface area contributed by atoms with Crippen LogP contribution in [-0.4, -0.2) is 43.4 Å². The van der Waals surface area contributed by atoms with E-state index in [0.29, 0.717) is 47.1 Å². The summed E-state index contributed by atoms with van der Waals surface area (Å²) in [6, 6.07) is 10.0. The molecule has 0 aliphatic heterocycles. The lowest BCUT2D eigenvalue weighted by molar-refractivity contribution is 0.181. The van der Waals surface area contributed by atoms with Gasteiger partial charge in [-0.2, -0.15) is 0 Å². The zero-order chi connectivity index (χ0) is 25.8. The number of hydrogen-bond acceptors (Lipinski definition) is 8. The van der Waals surface area contributed by atoms with E-state index in [-0.39, 0.29) is 11.1 Å². The Bertz CT molecular complexity index is 1140. The molecule has 0 fully saturated rings. The second-order valence-electron chi connectivity index (χ2n) is 7.97. The van der Waals surface area contributed by atoms with Crippen LogP contribution in [0.25, 0.3) is 10.9 Å². The molecule has 0 bridgehead atoms. The SMILES string of the molecule is CCOC(=O)SCCCCCCCOc1cc2nccc(Oc3ccc(NC)cc3F)c2cc1OC. The highest BCUT2D eigenvalue weighted by Crippen LogP contribution is 2.37. The fraction of sp³-hybridized carbons (Fsp3) is 0.407. The fourth-order valence-electron chi connectivity index (χ4n) is 3.58. The van der Waals surface area contributed by atoms with E-state index in [9.17, 15) is 9.18 Å². The quantitative estimate of drug-likeness (QED) is 0.175. The monoisotopic (exact) mass is 516 g/mol. The van der Waals surface area contributed by atoms with Crippen LogP contribution in [0.15, 0.2) is 42.6 Å². The van der Waals surface area contributed by atoms with Crippen molar-refractivity contribution in [1.29, 1.82) is 0 Å². The minimum absolute atomic E-state index is 0.125. The molecule has 194 valence electrons. The molecule has 9 heteroatoms. The molecule has 1 heterocycles. The van der Waals surface area contributed by atoms with Crippen LogP contribution in [0.4, 0.5) is 14.9 Å². The summed E-state index contributed by atoms with van der Waals surface area (Å²) in [7, 11) is 3.31. The molecule has 0 amide bonds. The van der Waals surface area contributed by atoms with Crippen molar-refractivity contribution in [2.75, 3.05) is 38.4 Å². The molecule has 0 unspecified atom stereocenters. The second kappa shape index (κ2) is 14.4. The topological polar surface area (TPSA) is 78.9 Å². The van der Waals surface area contributed by atoms with Gasteiger partial charge < -0.3 is 24.3 Å². The number of aromatic nitrogens is 1. The van der Waals surface area contributed by atoms with Gasteiger partial charge in [-0.25, -0.2) is 9.18 Å². The third kappa shape index (κ3) is 7.91. The smallest absolute Gasteiger partial charge is 0.367 e. The molecule has 7 nitrogen and oxygen atoms in total. The van der Waals surface area contributed by atoms with Gasteiger partial charge in [0.25, 0.3) is 0 Å². The van der Waals surface area contributed by atoms with E-state index >= 15 is 0 Å². The summed E-state index contributed by atoms with van der Waals surface area (Å²) >= 11 is 1.24. The van der Waals surface area contributed by atoms with Crippen LogP contribution in [0.1, 0.15) is 39.0 Å². The number of ether oxygens (including phenoxy) is 4. The average Bonchev–Trinajstić information content (AvgIpc) is 2.88. The molecule has 36 heavy (non-hydrogen) atoms. The zero-order valence-electron chi connectivity index (χ0n) is 21.0. The maximum atomic E-state index is 14.4. The number of hydrogen-bond donors (Lipinski definition) is 1. The third-order valence-electron chi connectivity index (χ3n) is 5.46. The van der Waals surface area contributed by atoms with Crippen LogP contribution in [-0.2, 0) is 4.74 Å². The molecular formula is C27H33FN2O5S. The number of halogens is 1. The normalized spacial score (nSPS) is 10.8. The largest absolute Gasteiger partial charge is 0.493 e. The van der Waals surface area contributed by atoms with Crippen molar-refractivity contribution >= 4 is 33.7 Å². The Kier molecular flexibility index (Phi) is 10.9. The molecule has 1 aromatic heterocycles. The van der Waals surface area contributed by atoms with Gasteiger partial charge in [0.15, 0.2) is 23.1 Å². The van der Waals surface area contributed by atoms with Crippen molar-refractivity contribution in [3.63, 3.8) is 0 Å². The van der Waals surface area contributed by atoms with Crippen LogP contribution >= 0.6 is 11.8 Å². The van der Waals surface area contributed by atoms with Crippen LogP contribution in [0.2, 0.25) is 0 Å². The maximum Gasteiger partial charge on any atom is 0.367 e. The number of thioether (sulfide) groups is 1. The fourth-order valence-corrected chi connectivity index (χ4v) is 4.30. The first-order valence-electron chi connectivity index (χ1n) is 12.1. The summed E-state index contributed by atoms with van der Waals surface area (Å²) in [4.78, 5) is 15.7. The highest BCUT2D eigenvalue weighted by Gasteiger charge is 2.14. The van der Waals surface area contributed by atoms with Crippen molar-refractivity contribution in [2.24, 2.45) is 0 Å². The Morgan fingerprint density at radius 3 is 2.56 bits per heavy atom. The number of fused-ring (bicyclic) bond motifs is 1. The highest BCUT2D eigenvalue weighted by atomic mass is 32.2. The molecule has 1 N–H and O–H groups in total. The number of methoxy groups -OCH3 is 1. The van der Waals surface area contributed by atoms with E-state index in [1.165, 1.54) is 17.8 Å². The lowest BCUT2D eigenvalue weighted by atomic mass is 10.1. The lowest BCUT2D eigenvalue weighted by Crippen LogP contribution is -2.00. The maximum absolute atomic E-state index is 14.4. The Morgan fingerprint density at radius 1 is 1.00 bits per heavy atom. The lowest BCUT2D eigenvalue weighted by Gasteiger charge is -2.14. The van der Waals surface area contributed by atoms with E-state index in [1.54, 1.807) is 44.6 Å². The van der Waals surface area contributed by atoms with Gasteiger partial charge in [-0.3, -0.25) is 4.98 Å². The standard InChI is InChI=1S/C27H33FN2O5S/c1-4-33-27(31)36-15-9-7-5-6-8-14-34-26-18-22-20(17-25(26)32-3)23(12-13-30-22)35-24-11-10-19(29-2)16-21(24)28/h10-13,16-18,29H,4-9,14-15H2,1-3H3. The van der Waals surface area contributed by atoms with Gasteiger partial charge in [-0.05, 0) is 55.8 Å². The first-order chi connectivity index (χ1) is 17.5. The molecule has 0 spiro atoms. The number of benzene rings is 2. The number of nitrogens with zero attached hydrogens (tertiary/aromatic N) is 1. The van der Waals surface area contributed by atoms with Crippen molar-refractivity contribution in [3.05, 3.63) is 48.4 Å². The number of nitrogens with one attached hydrogen (secondary N) is 1. The van der Waals surface area contributed by atoms with Crippen molar-refractivity contribution in [3.8, 4) is 23.0 Å². The van der Waals surface area contributed by atoms with Crippen molar-refractivity contribution in [1.82, 2.24) is 4.98 Å². The van der Waals surface area contributed by atoms with Gasteiger partial charge in [0, 0.05) is 42.2 Å².